The predicted molar refractivity (Wildman–Crippen MR) is 143 cm³/mol. The van der Waals surface area contributed by atoms with E-state index in [1.54, 1.807) is 0 Å². The minimum absolute atomic E-state index is 0.534. The van der Waals surface area contributed by atoms with E-state index in [1.807, 2.05) is 46.1 Å². The molecule has 2 aromatic heterocycles. The Hall–Kier alpha value is -3.65. The monoisotopic (exact) mass is 446 g/mol. The van der Waals surface area contributed by atoms with Crippen LogP contribution in [0.2, 0.25) is 0 Å². The van der Waals surface area contributed by atoms with Gasteiger partial charge in [-0.3, -0.25) is 0 Å². The molecule has 0 amide bonds. The van der Waals surface area contributed by atoms with Crippen molar-refractivity contribution in [2.75, 3.05) is 0 Å². The van der Waals surface area contributed by atoms with Crippen LogP contribution in [0, 0.1) is 12.3 Å². The first kappa shape index (κ1) is 18.7. The lowest BCUT2D eigenvalue weighted by atomic mass is 9.87. The van der Waals surface area contributed by atoms with Gasteiger partial charge in [-0.15, -0.1) is 0 Å². The van der Waals surface area contributed by atoms with Crippen molar-refractivity contribution in [3.8, 4) is 11.3 Å². The molecule has 2 heterocycles. The molecule has 0 aliphatic carbocycles. The molecular weight excluding hydrogens is 414 g/mol. The van der Waals surface area contributed by atoms with Gasteiger partial charge >= 0.3 is 0 Å². The molecule has 0 saturated heterocycles. The summed E-state index contributed by atoms with van der Waals surface area (Å²) < 4.78 is 26.3. The van der Waals surface area contributed by atoms with Gasteiger partial charge in [-0.1, -0.05) is 69.3 Å². The average Bonchev–Trinajstić information content (AvgIpc) is 3.19. The fourth-order valence-corrected chi connectivity index (χ4v) is 5.09. The summed E-state index contributed by atoms with van der Waals surface area (Å²) in [6, 6.07) is 25.4. The van der Waals surface area contributed by atoms with Crippen LogP contribution in [0.15, 0.2) is 83.4 Å². The van der Waals surface area contributed by atoms with E-state index in [0.29, 0.717) is 5.56 Å². The standard InChI is InChI=1S/C32H30NO/c1-20-10-13-25-27-18-26-23(12-11-22-8-6-7-9-24(22)26)17-29(27)34-31(25)30(20)28-16-21(14-15-33(28)5)19-32(2,3)4/h6-18H,19H2,1-5H3/q+1/i19D2. The summed E-state index contributed by atoms with van der Waals surface area (Å²) in [7, 11) is 2.01. The molecule has 0 aliphatic heterocycles. The fourth-order valence-electron chi connectivity index (χ4n) is 5.09. The minimum atomic E-state index is -1.48. The Labute approximate surface area is 203 Å². The van der Waals surface area contributed by atoms with Crippen LogP contribution in [0.1, 0.15) is 34.6 Å². The lowest BCUT2D eigenvalue weighted by Gasteiger charge is -2.18. The van der Waals surface area contributed by atoms with Gasteiger partial charge in [-0.2, -0.15) is 0 Å². The van der Waals surface area contributed by atoms with Gasteiger partial charge in [-0.25, -0.2) is 4.57 Å². The third kappa shape index (κ3) is 3.37. The molecule has 0 fully saturated rings. The van der Waals surface area contributed by atoms with Crippen molar-refractivity contribution in [3.05, 3.63) is 90.1 Å². The van der Waals surface area contributed by atoms with Gasteiger partial charge in [-0.05, 0) is 63.5 Å². The van der Waals surface area contributed by atoms with E-state index < -0.39 is 11.8 Å². The van der Waals surface area contributed by atoms with Crippen LogP contribution in [0.5, 0.6) is 0 Å². The van der Waals surface area contributed by atoms with Gasteiger partial charge in [0.1, 0.15) is 18.2 Å². The Morgan fingerprint density at radius 3 is 2.44 bits per heavy atom. The first-order valence-corrected chi connectivity index (χ1v) is 11.8. The van der Waals surface area contributed by atoms with Crippen molar-refractivity contribution >= 4 is 43.5 Å². The lowest BCUT2D eigenvalue weighted by molar-refractivity contribution is -0.660. The molecule has 4 aromatic carbocycles. The summed E-state index contributed by atoms with van der Waals surface area (Å²) in [5.74, 6) is 0. The number of aryl methyl sites for hydroxylation is 2. The number of furan rings is 1. The Morgan fingerprint density at radius 2 is 1.62 bits per heavy atom. The van der Waals surface area contributed by atoms with Crippen molar-refractivity contribution in [2.45, 2.75) is 34.1 Å². The van der Waals surface area contributed by atoms with E-state index in [9.17, 15) is 0 Å². The zero-order chi connectivity index (χ0) is 25.4. The Bertz CT molecular complexity index is 1820. The van der Waals surface area contributed by atoms with Gasteiger partial charge in [0.05, 0.1) is 5.56 Å². The van der Waals surface area contributed by atoms with Crippen LogP contribution >= 0.6 is 0 Å². The van der Waals surface area contributed by atoms with E-state index in [0.717, 1.165) is 44.1 Å². The number of hydrogen-bond donors (Lipinski definition) is 0. The quantitative estimate of drug-likeness (QED) is 0.193. The van der Waals surface area contributed by atoms with Crippen LogP contribution in [0.25, 0.3) is 54.7 Å². The molecule has 0 spiro atoms. The van der Waals surface area contributed by atoms with Crippen LogP contribution < -0.4 is 4.57 Å². The van der Waals surface area contributed by atoms with E-state index >= 15 is 0 Å². The van der Waals surface area contributed by atoms with E-state index in [1.165, 1.54) is 16.2 Å². The number of benzene rings is 4. The third-order valence-corrected chi connectivity index (χ3v) is 6.64. The maximum absolute atomic E-state index is 8.84. The summed E-state index contributed by atoms with van der Waals surface area (Å²) in [4.78, 5) is 0. The Kier molecular flexibility index (Phi) is 4.09. The molecule has 6 rings (SSSR count). The fraction of sp³-hybridized carbons (Fsp3) is 0.219. The molecule has 0 atom stereocenters. The number of aromatic nitrogens is 1. The van der Waals surface area contributed by atoms with E-state index in [2.05, 4.69) is 72.2 Å². The molecule has 0 saturated carbocycles. The largest absolute Gasteiger partial charge is 0.455 e. The first-order valence-electron chi connectivity index (χ1n) is 12.8. The zero-order valence-corrected chi connectivity index (χ0v) is 20.4. The molecule has 34 heavy (non-hydrogen) atoms. The molecule has 6 aromatic rings. The van der Waals surface area contributed by atoms with Gasteiger partial charge in [0.2, 0.25) is 5.69 Å². The normalized spacial score (nSPS) is 13.7. The molecule has 168 valence electrons. The first-order chi connectivity index (χ1) is 17.1. The van der Waals surface area contributed by atoms with Crippen molar-refractivity contribution in [1.82, 2.24) is 0 Å². The molecular formula is C32H30NO+. The Balaban J connectivity index is 1.66. The highest BCUT2D eigenvalue weighted by Crippen LogP contribution is 2.40. The number of pyridine rings is 1. The number of hydrogen-bond acceptors (Lipinski definition) is 1. The van der Waals surface area contributed by atoms with Crippen LogP contribution in [-0.2, 0) is 13.4 Å². The van der Waals surface area contributed by atoms with E-state index in [4.69, 9.17) is 7.16 Å². The summed E-state index contributed by atoms with van der Waals surface area (Å²) in [6.07, 6.45) is 0.472. The van der Waals surface area contributed by atoms with Gasteiger partial charge in [0.15, 0.2) is 6.20 Å². The minimum Gasteiger partial charge on any atom is -0.455 e. The van der Waals surface area contributed by atoms with Crippen molar-refractivity contribution in [2.24, 2.45) is 12.5 Å². The molecule has 0 bridgehead atoms. The zero-order valence-electron chi connectivity index (χ0n) is 22.4. The topological polar surface area (TPSA) is 17.0 Å². The molecule has 0 N–H and O–H groups in total. The van der Waals surface area contributed by atoms with Crippen molar-refractivity contribution < 1.29 is 11.7 Å². The smallest absolute Gasteiger partial charge is 0.216 e. The highest BCUT2D eigenvalue weighted by molar-refractivity contribution is 6.17. The van der Waals surface area contributed by atoms with Crippen molar-refractivity contribution in [3.63, 3.8) is 0 Å². The molecule has 0 radical (unpaired) electrons. The van der Waals surface area contributed by atoms with Crippen molar-refractivity contribution in [1.29, 1.82) is 0 Å². The molecule has 2 nitrogen and oxygen atoms in total. The van der Waals surface area contributed by atoms with Crippen LogP contribution in [-0.4, -0.2) is 0 Å². The average molecular weight is 447 g/mol. The van der Waals surface area contributed by atoms with E-state index in [-0.39, 0.29) is 0 Å². The second-order valence-electron chi connectivity index (χ2n) is 10.4. The number of nitrogens with zero attached hydrogens (tertiary/aromatic N) is 1. The maximum atomic E-state index is 8.84. The lowest BCUT2D eigenvalue weighted by Crippen LogP contribution is -2.31. The third-order valence-electron chi connectivity index (χ3n) is 6.64. The second kappa shape index (κ2) is 7.43. The number of rotatable bonds is 2. The van der Waals surface area contributed by atoms with Gasteiger partial charge in [0.25, 0.3) is 0 Å². The Morgan fingerprint density at radius 1 is 0.824 bits per heavy atom. The molecule has 0 aliphatic rings. The highest BCUT2D eigenvalue weighted by atomic mass is 16.3. The van der Waals surface area contributed by atoms with Gasteiger partial charge in [0, 0.05) is 25.6 Å². The SMILES string of the molecule is [2H]C([2H])(c1cc[n+](C)c(-c2c(C)ccc3c2oc2cc4ccc5ccccc5c4cc23)c1)C(C)(C)C. The number of fused-ring (bicyclic) bond motifs is 6. The summed E-state index contributed by atoms with van der Waals surface area (Å²) in [5.41, 5.74) is 4.89. The summed E-state index contributed by atoms with van der Waals surface area (Å²) in [5, 5.41) is 7.01. The molecule has 0 unspecified atom stereocenters. The van der Waals surface area contributed by atoms with Gasteiger partial charge < -0.3 is 4.42 Å². The summed E-state index contributed by atoms with van der Waals surface area (Å²) >= 11 is 0. The van der Waals surface area contributed by atoms with Crippen LogP contribution in [0.3, 0.4) is 0 Å². The predicted octanol–water partition coefficient (Wildman–Crippen LogP) is 8.28. The second-order valence-corrected chi connectivity index (χ2v) is 10.4. The molecule has 2 heteroatoms. The highest BCUT2D eigenvalue weighted by Gasteiger charge is 2.22. The summed E-state index contributed by atoms with van der Waals surface area (Å²) in [6.45, 7) is 7.93. The maximum Gasteiger partial charge on any atom is 0.216 e. The van der Waals surface area contributed by atoms with Crippen LogP contribution in [0.4, 0.5) is 0 Å².